The van der Waals surface area contributed by atoms with Crippen LogP contribution >= 0.6 is 0 Å². The summed E-state index contributed by atoms with van der Waals surface area (Å²) in [6.45, 7) is 0.851. The van der Waals surface area contributed by atoms with Crippen molar-refractivity contribution in [2.45, 2.75) is 44.2 Å². The first-order valence-electron chi connectivity index (χ1n) is 9.84. The van der Waals surface area contributed by atoms with Crippen molar-refractivity contribution in [2.24, 2.45) is 17.8 Å². The van der Waals surface area contributed by atoms with E-state index < -0.39 is 0 Å². The average Bonchev–Trinajstić information content (AvgIpc) is 3.42. The van der Waals surface area contributed by atoms with Gasteiger partial charge in [-0.2, -0.15) is 5.10 Å². The van der Waals surface area contributed by atoms with E-state index in [1.54, 1.807) is 10.9 Å². The Morgan fingerprint density at radius 1 is 1.15 bits per heavy atom. The molecule has 4 atom stereocenters. The second-order valence-electron chi connectivity index (χ2n) is 7.91. The van der Waals surface area contributed by atoms with Crippen molar-refractivity contribution in [1.82, 2.24) is 15.1 Å². The highest BCUT2D eigenvalue weighted by Crippen LogP contribution is 2.51. The lowest BCUT2D eigenvalue weighted by Gasteiger charge is -2.50. The van der Waals surface area contributed by atoms with Gasteiger partial charge in [-0.1, -0.05) is 25.7 Å². The van der Waals surface area contributed by atoms with Crippen molar-refractivity contribution < 1.29 is 9.53 Å². The van der Waals surface area contributed by atoms with Crippen LogP contribution in [0.5, 0.6) is 0 Å². The normalized spacial score (nSPS) is 30.8. The summed E-state index contributed by atoms with van der Waals surface area (Å²) in [5.41, 5.74) is 1.68. The van der Waals surface area contributed by atoms with Crippen LogP contribution in [0, 0.1) is 17.8 Å². The monoisotopic (exact) mass is 351 g/mol. The van der Waals surface area contributed by atoms with Crippen LogP contribution in [0.25, 0.3) is 5.69 Å². The summed E-state index contributed by atoms with van der Waals surface area (Å²) in [6.07, 6.45) is 10.4. The summed E-state index contributed by atoms with van der Waals surface area (Å²) in [5.74, 6) is 1.78. The second-order valence-corrected chi connectivity index (χ2v) is 7.91. The molecule has 2 aromatic rings. The Morgan fingerprint density at radius 2 is 1.96 bits per heavy atom. The highest BCUT2D eigenvalue weighted by molar-refractivity contribution is 5.94. The average molecular weight is 351 g/mol. The van der Waals surface area contributed by atoms with Crippen LogP contribution in [0.1, 0.15) is 42.5 Å². The molecule has 5 nitrogen and oxygen atoms in total. The van der Waals surface area contributed by atoms with E-state index in [1.807, 2.05) is 36.5 Å². The number of hydrogen-bond donors (Lipinski definition) is 1. The number of nitrogens with one attached hydrogen (secondary N) is 1. The Labute approximate surface area is 153 Å². The minimum atomic E-state index is 0.0374. The standard InChI is InChI=1S/C21H25N3O2/c25-21(15-6-8-16(9-7-15)24-12-3-11-22-24)23-19-17-10-13-26-20(17)18(19)14-4-1-2-5-14/h3,6-9,11-12,14,17-20H,1-2,4-5,10,13H2,(H,23,25)/t17-,18+,19+,20-/m1/s1. The summed E-state index contributed by atoms with van der Waals surface area (Å²) in [6, 6.07) is 9.83. The molecule has 2 heterocycles. The van der Waals surface area contributed by atoms with E-state index in [1.165, 1.54) is 25.7 Å². The van der Waals surface area contributed by atoms with Crippen LogP contribution in [0.4, 0.5) is 0 Å². The van der Waals surface area contributed by atoms with Gasteiger partial charge in [-0.25, -0.2) is 4.68 Å². The molecule has 3 fully saturated rings. The first-order chi connectivity index (χ1) is 12.8. The number of benzene rings is 1. The van der Waals surface area contributed by atoms with E-state index in [0.29, 0.717) is 23.5 Å². The number of carbonyl (C=O) groups is 1. The molecule has 1 aliphatic heterocycles. The Balaban J connectivity index is 1.29. The molecule has 5 heteroatoms. The fourth-order valence-corrected chi connectivity index (χ4v) is 5.28. The highest BCUT2D eigenvalue weighted by atomic mass is 16.5. The summed E-state index contributed by atoms with van der Waals surface area (Å²) >= 11 is 0. The third kappa shape index (κ3) is 2.65. The van der Waals surface area contributed by atoms with Crippen LogP contribution in [0.2, 0.25) is 0 Å². The molecule has 0 spiro atoms. The van der Waals surface area contributed by atoms with Gasteiger partial charge in [-0.3, -0.25) is 4.79 Å². The Hall–Kier alpha value is -2.14. The molecule has 26 heavy (non-hydrogen) atoms. The number of amides is 1. The van der Waals surface area contributed by atoms with E-state index in [4.69, 9.17) is 4.74 Å². The zero-order chi connectivity index (χ0) is 17.5. The van der Waals surface area contributed by atoms with E-state index in [-0.39, 0.29) is 11.9 Å². The molecule has 2 saturated carbocycles. The van der Waals surface area contributed by atoms with Gasteiger partial charge in [-0.15, -0.1) is 0 Å². The van der Waals surface area contributed by atoms with Crippen molar-refractivity contribution in [2.75, 3.05) is 6.61 Å². The zero-order valence-electron chi connectivity index (χ0n) is 14.9. The van der Waals surface area contributed by atoms with Crippen LogP contribution in [-0.2, 0) is 4.74 Å². The number of ether oxygens (including phenoxy) is 1. The van der Waals surface area contributed by atoms with Crippen LogP contribution < -0.4 is 5.32 Å². The fraction of sp³-hybridized carbons (Fsp3) is 0.524. The van der Waals surface area contributed by atoms with Gasteiger partial charge < -0.3 is 10.1 Å². The van der Waals surface area contributed by atoms with E-state index in [2.05, 4.69) is 10.4 Å². The lowest BCUT2D eigenvalue weighted by Crippen LogP contribution is -2.63. The number of fused-ring (bicyclic) bond motifs is 1. The van der Waals surface area contributed by atoms with Gasteiger partial charge in [0.1, 0.15) is 0 Å². The lowest BCUT2D eigenvalue weighted by molar-refractivity contribution is -0.0784. The van der Waals surface area contributed by atoms with Crippen molar-refractivity contribution in [3.63, 3.8) is 0 Å². The quantitative estimate of drug-likeness (QED) is 0.920. The molecular formula is C21H25N3O2. The largest absolute Gasteiger partial charge is 0.377 e. The topological polar surface area (TPSA) is 56.1 Å². The number of rotatable bonds is 4. The van der Waals surface area contributed by atoms with Gasteiger partial charge in [0.25, 0.3) is 5.91 Å². The Bertz CT molecular complexity index is 760. The highest BCUT2D eigenvalue weighted by Gasteiger charge is 2.56. The van der Waals surface area contributed by atoms with Crippen molar-refractivity contribution >= 4 is 5.91 Å². The van der Waals surface area contributed by atoms with Crippen molar-refractivity contribution in [3.8, 4) is 5.69 Å². The maximum atomic E-state index is 12.8. The second kappa shape index (κ2) is 6.54. The van der Waals surface area contributed by atoms with Crippen molar-refractivity contribution in [1.29, 1.82) is 0 Å². The molecule has 1 saturated heterocycles. The predicted molar refractivity (Wildman–Crippen MR) is 98.1 cm³/mol. The first-order valence-corrected chi connectivity index (χ1v) is 9.84. The molecule has 5 rings (SSSR count). The molecule has 2 aliphatic carbocycles. The predicted octanol–water partition coefficient (Wildman–Crippen LogP) is 3.20. The molecule has 136 valence electrons. The smallest absolute Gasteiger partial charge is 0.251 e. The van der Waals surface area contributed by atoms with Crippen LogP contribution in [0.3, 0.4) is 0 Å². The first kappa shape index (κ1) is 16.1. The maximum absolute atomic E-state index is 12.8. The molecule has 0 unspecified atom stereocenters. The SMILES string of the molecule is O=C(N[C@H]1[C@H]2CCO[C@H]2[C@H]1C1CCCC1)c1ccc(-n2cccn2)cc1. The fourth-order valence-electron chi connectivity index (χ4n) is 5.28. The Morgan fingerprint density at radius 3 is 2.69 bits per heavy atom. The summed E-state index contributed by atoms with van der Waals surface area (Å²) < 4.78 is 7.79. The number of carbonyl (C=O) groups excluding carboxylic acids is 1. The van der Waals surface area contributed by atoms with E-state index >= 15 is 0 Å². The summed E-state index contributed by atoms with van der Waals surface area (Å²) in [4.78, 5) is 12.8. The van der Waals surface area contributed by atoms with E-state index in [9.17, 15) is 4.79 Å². The Kier molecular flexibility index (Phi) is 4.04. The molecule has 1 amide bonds. The summed E-state index contributed by atoms with van der Waals surface area (Å²) in [5, 5.41) is 7.57. The maximum Gasteiger partial charge on any atom is 0.251 e. The van der Waals surface area contributed by atoms with Crippen LogP contribution in [-0.4, -0.2) is 34.4 Å². The van der Waals surface area contributed by atoms with Gasteiger partial charge in [0.05, 0.1) is 11.8 Å². The molecule has 1 aromatic heterocycles. The molecule has 1 N–H and O–H groups in total. The molecule has 0 radical (unpaired) electrons. The molecule has 3 aliphatic rings. The van der Waals surface area contributed by atoms with Gasteiger partial charge >= 0.3 is 0 Å². The number of hydrogen-bond acceptors (Lipinski definition) is 3. The minimum Gasteiger partial charge on any atom is -0.377 e. The molecule has 0 bridgehead atoms. The number of nitrogens with zero attached hydrogens (tertiary/aromatic N) is 2. The van der Waals surface area contributed by atoms with Crippen LogP contribution in [0.15, 0.2) is 42.7 Å². The minimum absolute atomic E-state index is 0.0374. The summed E-state index contributed by atoms with van der Waals surface area (Å²) in [7, 11) is 0. The third-order valence-corrected chi connectivity index (χ3v) is 6.58. The number of aromatic nitrogens is 2. The van der Waals surface area contributed by atoms with Gasteiger partial charge in [-0.05, 0) is 42.7 Å². The molecular weight excluding hydrogens is 326 g/mol. The zero-order valence-corrected chi connectivity index (χ0v) is 14.9. The van der Waals surface area contributed by atoms with Gasteiger partial charge in [0.15, 0.2) is 0 Å². The lowest BCUT2D eigenvalue weighted by atomic mass is 9.61. The third-order valence-electron chi connectivity index (χ3n) is 6.58. The van der Waals surface area contributed by atoms with E-state index in [0.717, 1.165) is 24.6 Å². The van der Waals surface area contributed by atoms with Gasteiger partial charge in [0.2, 0.25) is 0 Å². The van der Waals surface area contributed by atoms with Gasteiger partial charge in [0, 0.05) is 42.4 Å². The molecule has 1 aromatic carbocycles. The van der Waals surface area contributed by atoms with Crippen molar-refractivity contribution in [3.05, 3.63) is 48.3 Å².